The highest BCUT2D eigenvalue weighted by molar-refractivity contribution is 5.84. The molecule has 0 aliphatic carbocycles. The van der Waals surface area contributed by atoms with Crippen LogP contribution in [-0.4, -0.2) is 21.0 Å². The zero-order valence-corrected chi connectivity index (χ0v) is 6.80. The molecule has 14 heavy (non-hydrogen) atoms. The molecular weight excluding hydrogens is 188 g/mol. The molecule has 0 saturated heterocycles. The maximum absolute atomic E-state index is 11.2. The standard InChI is InChI=1S/C8H4N2O4/c11-7(12)6-10-5-4(8(13)14-6)2-1-3-9-5/h1-3H,(H,11,12). The van der Waals surface area contributed by atoms with Crippen LogP contribution in [0, 0.1) is 0 Å². The van der Waals surface area contributed by atoms with Gasteiger partial charge in [0.15, 0.2) is 5.65 Å². The quantitative estimate of drug-likeness (QED) is 0.697. The lowest BCUT2D eigenvalue weighted by Gasteiger charge is -1.94. The van der Waals surface area contributed by atoms with E-state index < -0.39 is 17.5 Å². The average Bonchev–Trinajstić information content (AvgIpc) is 2.17. The Morgan fingerprint density at radius 2 is 2.29 bits per heavy atom. The van der Waals surface area contributed by atoms with E-state index >= 15 is 0 Å². The first kappa shape index (κ1) is 8.36. The molecule has 2 heterocycles. The van der Waals surface area contributed by atoms with Gasteiger partial charge in [-0.2, -0.15) is 4.98 Å². The third kappa shape index (κ3) is 1.22. The third-order valence-corrected chi connectivity index (χ3v) is 1.59. The van der Waals surface area contributed by atoms with E-state index in [-0.39, 0.29) is 11.0 Å². The number of fused-ring (bicyclic) bond motifs is 1. The van der Waals surface area contributed by atoms with Gasteiger partial charge in [0.2, 0.25) is 0 Å². The van der Waals surface area contributed by atoms with Crippen LogP contribution in [0.3, 0.4) is 0 Å². The third-order valence-electron chi connectivity index (χ3n) is 1.59. The van der Waals surface area contributed by atoms with Gasteiger partial charge in [-0.25, -0.2) is 14.6 Å². The maximum Gasteiger partial charge on any atom is 0.392 e. The Bertz CT molecular complexity index is 561. The number of aromatic nitrogens is 2. The van der Waals surface area contributed by atoms with Crippen molar-refractivity contribution in [3.05, 3.63) is 34.6 Å². The molecule has 2 aromatic rings. The number of hydrogen-bond donors (Lipinski definition) is 1. The lowest BCUT2D eigenvalue weighted by Crippen LogP contribution is -2.09. The number of rotatable bonds is 1. The smallest absolute Gasteiger partial charge is 0.392 e. The number of aromatic carboxylic acids is 1. The monoisotopic (exact) mass is 192 g/mol. The summed E-state index contributed by atoms with van der Waals surface area (Å²) in [6, 6.07) is 3.01. The number of nitrogens with zero attached hydrogens (tertiary/aromatic N) is 2. The highest BCUT2D eigenvalue weighted by Gasteiger charge is 2.12. The minimum Gasteiger partial charge on any atom is -0.474 e. The van der Waals surface area contributed by atoms with Crippen LogP contribution in [0.5, 0.6) is 0 Å². The first-order valence-corrected chi connectivity index (χ1v) is 3.67. The number of carbonyl (C=O) groups is 1. The van der Waals surface area contributed by atoms with Crippen LogP contribution >= 0.6 is 0 Å². The molecule has 0 aliphatic rings. The summed E-state index contributed by atoms with van der Waals surface area (Å²) in [6.45, 7) is 0. The Kier molecular flexibility index (Phi) is 1.74. The Morgan fingerprint density at radius 3 is 3.00 bits per heavy atom. The number of carboxylic acids is 1. The Hall–Kier alpha value is -2.24. The van der Waals surface area contributed by atoms with Gasteiger partial charge in [0.1, 0.15) is 5.39 Å². The van der Waals surface area contributed by atoms with Gasteiger partial charge in [-0.05, 0) is 12.1 Å². The molecule has 0 fully saturated rings. The van der Waals surface area contributed by atoms with Gasteiger partial charge in [-0.1, -0.05) is 0 Å². The molecule has 0 unspecified atom stereocenters. The molecule has 0 aromatic carbocycles. The number of pyridine rings is 1. The summed E-state index contributed by atoms with van der Waals surface area (Å²) < 4.78 is 4.45. The summed E-state index contributed by atoms with van der Waals surface area (Å²) in [5, 5.41) is 8.71. The molecule has 1 N–H and O–H groups in total. The fraction of sp³-hybridized carbons (Fsp3) is 0. The first-order chi connectivity index (χ1) is 6.68. The van der Waals surface area contributed by atoms with Gasteiger partial charge >= 0.3 is 17.5 Å². The van der Waals surface area contributed by atoms with Gasteiger partial charge in [-0.3, -0.25) is 0 Å². The topological polar surface area (TPSA) is 93.3 Å². The SMILES string of the molecule is O=C(O)c1nc2ncccc2c(=O)o1. The van der Waals surface area contributed by atoms with Crippen molar-refractivity contribution in [2.24, 2.45) is 0 Å². The maximum atomic E-state index is 11.2. The van der Waals surface area contributed by atoms with Crippen LogP contribution in [0.1, 0.15) is 10.7 Å². The molecule has 6 heteroatoms. The van der Waals surface area contributed by atoms with Crippen LogP contribution in [0.25, 0.3) is 11.0 Å². The number of hydrogen-bond acceptors (Lipinski definition) is 5. The number of carboxylic acid groups (broad SMARTS) is 1. The van der Waals surface area contributed by atoms with Crippen LogP contribution in [0.2, 0.25) is 0 Å². The van der Waals surface area contributed by atoms with Crippen molar-refractivity contribution in [2.45, 2.75) is 0 Å². The van der Waals surface area contributed by atoms with E-state index in [2.05, 4.69) is 14.4 Å². The average molecular weight is 192 g/mol. The van der Waals surface area contributed by atoms with Crippen molar-refractivity contribution < 1.29 is 14.3 Å². The fourth-order valence-corrected chi connectivity index (χ4v) is 0.999. The fourth-order valence-electron chi connectivity index (χ4n) is 0.999. The molecule has 2 aromatic heterocycles. The van der Waals surface area contributed by atoms with Crippen LogP contribution in [0.15, 0.2) is 27.5 Å². The minimum atomic E-state index is -1.39. The molecule has 0 saturated carbocycles. The molecule has 6 nitrogen and oxygen atoms in total. The summed E-state index contributed by atoms with van der Waals surface area (Å²) in [5.41, 5.74) is -0.679. The predicted octanol–water partition coefficient (Wildman–Crippen LogP) is 0.281. The van der Waals surface area contributed by atoms with E-state index in [0.717, 1.165) is 0 Å². The van der Waals surface area contributed by atoms with Gasteiger partial charge in [0.25, 0.3) is 0 Å². The molecule has 0 aliphatic heterocycles. The normalized spacial score (nSPS) is 10.3. The van der Waals surface area contributed by atoms with Crippen molar-refractivity contribution in [1.82, 2.24) is 9.97 Å². The van der Waals surface area contributed by atoms with E-state index in [4.69, 9.17) is 5.11 Å². The zero-order chi connectivity index (χ0) is 10.1. The molecule has 0 bridgehead atoms. The zero-order valence-electron chi connectivity index (χ0n) is 6.80. The summed E-state index contributed by atoms with van der Waals surface area (Å²) in [5.74, 6) is -2.05. The second-order valence-corrected chi connectivity index (χ2v) is 2.49. The highest BCUT2D eigenvalue weighted by Crippen LogP contribution is 2.03. The lowest BCUT2D eigenvalue weighted by atomic mass is 10.3. The highest BCUT2D eigenvalue weighted by atomic mass is 16.4. The largest absolute Gasteiger partial charge is 0.474 e. The van der Waals surface area contributed by atoms with Crippen LogP contribution in [0.4, 0.5) is 0 Å². The summed E-state index contributed by atoms with van der Waals surface area (Å²) >= 11 is 0. The van der Waals surface area contributed by atoms with Crippen molar-refractivity contribution in [3.8, 4) is 0 Å². The van der Waals surface area contributed by atoms with Crippen molar-refractivity contribution >= 4 is 17.0 Å². The van der Waals surface area contributed by atoms with Crippen molar-refractivity contribution in [2.75, 3.05) is 0 Å². The van der Waals surface area contributed by atoms with Crippen LogP contribution in [-0.2, 0) is 0 Å². The molecule has 70 valence electrons. The second-order valence-electron chi connectivity index (χ2n) is 2.49. The first-order valence-electron chi connectivity index (χ1n) is 3.67. The lowest BCUT2D eigenvalue weighted by molar-refractivity contribution is 0.0647. The van der Waals surface area contributed by atoms with Crippen molar-refractivity contribution in [1.29, 1.82) is 0 Å². The summed E-state index contributed by atoms with van der Waals surface area (Å²) in [7, 11) is 0. The van der Waals surface area contributed by atoms with Gasteiger partial charge in [0.05, 0.1) is 0 Å². The molecular formula is C8H4N2O4. The van der Waals surface area contributed by atoms with Gasteiger partial charge in [0, 0.05) is 6.20 Å². The Morgan fingerprint density at radius 1 is 1.50 bits per heavy atom. The van der Waals surface area contributed by atoms with Crippen LogP contribution < -0.4 is 5.63 Å². The molecule has 0 atom stereocenters. The molecule has 2 rings (SSSR count). The van der Waals surface area contributed by atoms with Gasteiger partial charge < -0.3 is 9.52 Å². The molecule has 0 radical (unpaired) electrons. The Balaban J connectivity index is 2.86. The van der Waals surface area contributed by atoms with E-state index in [1.54, 1.807) is 6.07 Å². The predicted molar refractivity (Wildman–Crippen MR) is 45.0 cm³/mol. The van der Waals surface area contributed by atoms with E-state index in [1.807, 2.05) is 0 Å². The van der Waals surface area contributed by atoms with E-state index in [9.17, 15) is 9.59 Å². The minimum absolute atomic E-state index is 0.0705. The second kappa shape index (κ2) is 2.91. The molecule has 0 amide bonds. The van der Waals surface area contributed by atoms with Gasteiger partial charge in [-0.15, -0.1) is 0 Å². The van der Waals surface area contributed by atoms with E-state index in [1.165, 1.54) is 12.3 Å². The summed E-state index contributed by atoms with van der Waals surface area (Å²) in [6.07, 6.45) is 1.42. The summed E-state index contributed by atoms with van der Waals surface area (Å²) in [4.78, 5) is 29.0. The van der Waals surface area contributed by atoms with E-state index in [0.29, 0.717) is 0 Å². The van der Waals surface area contributed by atoms with Crippen molar-refractivity contribution in [3.63, 3.8) is 0 Å². The molecule has 0 spiro atoms. The Labute approximate surface area is 76.8 Å².